The molecule has 3 aromatic carbocycles. The maximum Gasteiger partial charge on any atom is 0.255 e. The van der Waals surface area contributed by atoms with E-state index in [1.165, 1.54) is 11.9 Å². The van der Waals surface area contributed by atoms with Crippen LogP contribution in [0.4, 0.5) is 11.4 Å². The molecule has 0 atom stereocenters. The van der Waals surface area contributed by atoms with Crippen molar-refractivity contribution >= 4 is 29.2 Å². The van der Waals surface area contributed by atoms with Crippen LogP contribution in [0.2, 0.25) is 0 Å². The Bertz CT molecular complexity index is 1090. The average molecular weight is 422 g/mol. The van der Waals surface area contributed by atoms with E-state index in [1.807, 2.05) is 30.3 Å². The van der Waals surface area contributed by atoms with Crippen LogP contribution < -0.4 is 29.0 Å². The molecule has 0 aromatic heterocycles. The van der Waals surface area contributed by atoms with E-state index in [2.05, 4.69) is 10.0 Å². The molecule has 0 spiro atoms. The lowest BCUT2D eigenvalue weighted by atomic mass is 10.2. The molecule has 0 saturated heterocycles. The molecule has 2 N–H and O–H groups in total. The number of hydrogen-bond acceptors (Lipinski definition) is 7. The fraction of sp³-hybridized carbons (Fsp3) is 0.136. The molecular formula is C22H18N2O5S. The summed E-state index contributed by atoms with van der Waals surface area (Å²) in [6.07, 6.45) is 0. The van der Waals surface area contributed by atoms with Crippen LogP contribution >= 0.6 is 11.9 Å². The monoisotopic (exact) mass is 422 g/mol. The van der Waals surface area contributed by atoms with Crippen molar-refractivity contribution in [1.29, 1.82) is 0 Å². The number of nitrogens with one attached hydrogen (secondary N) is 2. The van der Waals surface area contributed by atoms with E-state index in [1.54, 1.807) is 30.3 Å². The van der Waals surface area contributed by atoms with Crippen molar-refractivity contribution in [3.05, 3.63) is 66.2 Å². The molecule has 2 heterocycles. The third-order valence-corrected chi connectivity index (χ3v) is 5.41. The van der Waals surface area contributed by atoms with E-state index < -0.39 is 0 Å². The predicted molar refractivity (Wildman–Crippen MR) is 114 cm³/mol. The topological polar surface area (TPSA) is 78.1 Å². The number of fused-ring (bicyclic) bond motifs is 2. The summed E-state index contributed by atoms with van der Waals surface area (Å²) in [5.74, 6) is 2.63. The number of carbonyl (C=O) groups excluding carboxylic acids is 1. The normalized spacial score (nSPS) is 13.6. The zero-order valence-corrected chi connectivity index (χ0v) is 16.7. The Labute approximate surface area is 177 Å². The van der Waals surface area contributed by atoms with Crippen LogP contribution in [-0.4, -0.2) is 25.9 Å². The molecule has 0 bridgehead atoms. The molecule has 1 amide bonds. The van der Waals surface area contributed by atoms with Crippen molar-refractivity contribution < 1.29 is 23.7 Å². The van der Waals surface area contributed by atoms with E-state index in [4.69, 9.17) is 18.9 Å². The molecule has 3 aromatic rings. The summed E-state index contributed by atoms with van der Waals surface area (Å²) < 4.78 is 25.0. The Kier molecular flexibility index (Phi) is 4.98. The summed E-state index contributed by atoms with van der Waals surface area (Å²) in [7, 11) is 0. The van der Waals surface area contributed by atoms with Gasteiger partial charge >= 0.3 is 0 Å². The Morgan fingerprint density at radius 2 is 1.40 bits per heavy atom. The molecule has 8 heteroatoms. The van der Waals surface area contributed by atoms with E-state index in [0.29, 0.717) is 36.0 Å². The number of ether oxygens (including phenoxy) is 4. The molecule has 2 aliphatic heterocycles. The second kappa shape index (κ2) is 8.08. The van der Waals surface area contributed by atoms with Gasteiger partial charge in [-0.3, -0.25) is 4.79 Å². The van der Waals surface area contributed by atoms with Crippen LogP contribution in [-0.2, 0) is 0 Å². The summed E-state index contributed by atoms with van der Waals surface area (Å²) in [6, 6.07) is 18.4. The third kappa shape index (κ3) is 3.95. The van der Waals surface area contributed by atoms with Gasteiger partial charge in [0.1, 0.15) is 13.2 Å². The van der Waals surface area contributed by atoms with Crippen LogP contribution in [0.5, 0.6) is 23.0 Å². The molecule has 7 nitrogen and oxygen atoms in total. The van der Waals surface area contributed by atoms with Crippen molar-refractivity contribution in [1.82, 2.24) is 0 Å². The highest BCUT2D eigenvalue weighted by Gasteiger charge is 2.15. The van der Waals surface area contributed by atoms with Crippen LogP contribution in [0.25, 0.3) is 0 Å². The third-order valence-electron chi connectivity index (χ3n) is 4.58. The molecule has 0 unspecified atom stereocenters. The van der Waals surface area contributed by atoms with E-state index in [-0.39, 0.29) is 12.7 Å². The second-order valence-corrected chi connectivity index (χ2v) is 7.49. The summed E-state index contributed by atoms with van der Waals surface area (Å²) in [6.45, 7) is 1.34. The highest BCUT2D eigenvalue weighted by Crippen LogP contribution is 2.35. The van der Waals surface area contributed by atoms with Gasteiger partial charge in [-0.2, -0.15) is 0 Å². The van der Waals surface area contributed by atoms with Crippen molar-refractivity contribution in [2.45, 2.75) is 4.90 Å². The number of rotatable bonds is 5. The SMILES string of the molecule is O=C(Nc1ccc2c(c1)OCO2)c1ccc(NSc2ccc3c(c2)OCCO3)cc1. The van der Waals surface area contributed by atoms with Crippen molar-refractivity contribution in [3.8, 4) is 23.0 Å². The molecule has 0 saturated carbocycles. The minimum atomic E-state index is -0.195. The van der Waals surface area contributed by atoms with Gasteiger partial charge in [-0.15, -0.1) is 0 Å². The van der Waals surface area contributed by atoms with Gasteiger partial charge in [-0.1, -0.05) is 0 Å². The predicted octanol–water partition coefficient (Wildman–Crippen LogP) is 4.56. The highest BCUT2D eigenvalue weighted by molar-refractivity contribution is 8.00. The quantitative estimate of drug-likeness (QED) is 0.584. The van der Waals surface area contributed by atoms with E-state index in [9.17, 15) is 4.79 Å². The maximum atomic E-state index is 12.5. The Morgan fingerprint density at radius 1 is 0.733 bits per heavy atom. The van der Waals surface area contributed by atoms with Gasteiger partial charge in [0.05, 0.1) is 0 Å². The minimum Gasteiger partial charge on any atom is -0.486 e. The van der Waals surface area contributed by atoms with Crippen LogP contribution in [0.1, 0.15) is 10.4 Å². The first-order valence-electron chi connectivity index (χ1n) is 9.38. The molecule has 0 fully saturated rings. The van der Waals surface area contributed by atoms with Crippen LogP contribution in [0.15, 0.2) is 65.6 Å². The largest absolute Gasteiger partial charge is 0.486 e. The van der Waals surface area contributed by atoms with Gasteiger partial charge in [0, 0.05) is 27.9 Å². The number of carbonyl (C=O) groups is 1. The fourth-order valence-corrected chi connectivity index (χ4v) is 3.75. The number of hydrogen-bond donors (Lipinski definition) is 2. The number of amides is 1. The van der Waals surface area contributed by atoms with Gasteiger partial charge in [-0.25, -0.2) is 0 Å². The summed E-state index contributed by atoms with van der Waals surface area (Å²) in [5.41, 5.74) is 2.10. The van der Waals surface area contributed by atoms with Crippen molar-refractivity contribution in [3.63, 3.8) is 0 Å². The van der Waals surface area contributed by atoms with Crippen molar-refractivity contribution in [2.75, 3.05) is 30.0 Å². The fourth-order valence-electron chi connectivity index (χ4n) is 3.07. The molecule has 2 aliphatic rings. The van der Waals surface area contributed by atoms with Gasteiger partial charge < -0.3 is 29.0 Å². The van der Waals surface area contributed by atoms with Crippen LogP contribution in [0.3, 0.4) is 0 Å². The lowest BCUT2D eigenvalue weighted by Gasteiger charge is -2.18. The first-order valence-corrected chi connectivity index (χ1v) is 10.2. The minimum absolute atomic E-state index is 0.195. The maximum absolute atomic E-state index is 12.5. The molecule has 0 radical (unpaired) electrons. The molecule has 0 aliphatic carbocycles. The van der Waals surface area contributed by atoms with Gasteiger partial charge in [0.25, 0.3) is 5.91 Å². The Hall–Kier alpha value is -3.52. The summed E-state index contributed by atoms with van der Waals surface area (Å²) >= 11 is 1.46. The first-order chi connectivity index (χ1) is 14.7. The van der Waals surface area contributed by atoms with Gasteiger partial charge in [0.2, 0.25) is 6.79 Å². The molecule has 152 valence electrons. The Morgan fingerprint density at radius 3 is 2.27 bits per heavy atom. The average Bonchev–Trinajstić information content (AvgIpc) is 3.26. The summed E-state index contributed by atoms with van der Waals surface area (Å²) in [5, 5.41) is 2.87. The lowest BCUT2D eigenvalue weighted by molar-refractivity contribution is 0.102. The number of anilines is 2. The molecule has 5 rings (SSSR count). The second-order valence-electron chi connectivity index (χ2n) is 6.61. The zero-order valence-electron chi connectivity index (χ0n) is 15.8. The molecule has 30 heavy (non-hydrogen) atoms. The number of benzene rings is 3. The smallest absolute Gasteiger partial charge is 0.255 e. The first kappa shape index (κ1) is 18.5. The lowest BCUT2D eigenvalue weighted by Crippen LogP contribution is -2.15. The molecular weight excluding hydrogens is 404 g/mol. The highest BCUT2D eigenvalue weighted by atomic mass is 32.2. The van der Waals surface area contributed by atoms with E-state index in [0.717, 1.165) is 22.1 Å². The van der Waals surface area contributed by atoms with Crippen molar-refractivity contribution in [2.24, 2.45) is 0 Å². The summed E-state index contributed by atoms with van der Waals surface area (Å²) in [4.78, 5) is 13.5. The standard InChI is InChI=1S/C22H18N2O5S/c25-22(23-16-5-7-19-20(11-16)29-13-28-19)14-1-3-15(4-2-14)24-30-17-6-8-18-21(12-17)27-10-9-26-18/h1-8,11-12,24H,9-10,13H2,(H,23,25). The van der Waals surface area contributed by atoms with Gasteiger partial charge in [-0.05, 0) is 66.5 Å². The zero-order chi connectivity index (χ0) is 20.3. The van der Waals surface area contributed by atoms with Crippen LogP contribution in [0, 0.1) is 0 Å². The van der Waals surface area contributed by atoms with E-state index >= 15 is 0 Å². The van der Waals surface area contributed by atoms with Gasteiger partial charge in [0.15, 0.2) is 23.0 Å². The Balaban J connectivity index is 1.19.